The zero-order chi connectivity index (χ0) is 17.8. The molecule has 0 saturated heterocycles. The molecule has 0 radical (unpaired) electrons. The molecule has 0 spiro atoms. The van der Waals surface area contributed by atoms with Gasteiger partial charge in [-0.1, -0.05) is 30.3 Å². The number of amides is 1. The number of hydrogen-bond acceptors (Lipinski definition) is 1. The van der Waals surface area contributed by atoms with Crippen LogP contribution in [0.3, 0.4) is 0 Å². The average Bonchev–Trinajstić information content (AvgIpc) is 2.62. The Morgan fingerprint density at radius 3 is 2.04 bits per heavy atom. The van der Waals surface area contributed by atoms with Crippen molar-refractivity contribution in [1.29, 1.82) is 0 Å². The summed E-state index contributed by atoms with van der Waals surface area (Å²) in [6, 6.07) is 21.4. The van der Waals surface area contributed by atoms with Crippen molar-refractivity contribution in [3.8, 4) is 0 Å². The quantitative estimate of drug-likeness (QED) is 0.429. The summed E-state index contributed by atoms with van der Waals surface area (Å²) in [6.07, 6.45) is 0. The van der Waals surface area contributed by atoms with E-state index in [1.807, 2.05) is 92.3 Å². The lowest BCUT2D eigenvalue weighted by molar-refractivity contribution is -0.464. The van der Waals surface area contributed by atoms with Crippen LogP contribution in [0.4, 0.5) is 11.4 Å². The molecule has 1 amide bonds. The topological polar surface area (TPSA) is 44.1 Å². The van der Waals surface area contributed by atoms with Crippen molar-refractivity contribution in [3.05, 3.63) is 72.3 Å². The van der Waals surface area contributed by atoms with Crippen LogP contribution < -0.4 is 10.6 Å². The molecule has 126 valence electrons. The third-order valence-corrected chi connectivity index (χ3v) is 4.15. The van der Waals surface area contributed by atoms with Gasteiger partial charge in [-0.2, -0.15) is 0 Å². The summed E-state index contributed by atoms with van der Waals surface area (Å²) in [5, 5.41) is 8.43. The molecule has 0 bridgehead atoms. The predicted molar refractivity (Wildman–Crippen MR) is 105 cm³/mol. The van der Waals surface area contributed by atoms with Gasteiger partial charge < -0.3 is 5.32 Å². The second kappa shape index (κ2) is 7.18. The number of hydrogen-bond donors (Lipinski definition) is 2. The van der Waals surface area contributed by atoms with Gasteiger partial charge in [0.25, 0.3) is 5.91 Å². The van der Waals surface area contributed by atoms with Gasteiger partial charge in [0.1, 0.15) is 5.69 Å². The van der Waals surface area contributed by atoms with Crippen LogP contribution in [0.15, 0.2) is 66.7 Å². The molecule has 0 aliphatic heterocycles. The summed E-state index contributed by atoms with van der Waals surface area (Å²) in [7, 11) is 3.97. The summed E-state index contributed by atoms with van der Waals surface area (Å²) in [5.74, 6) is 0.940. The normalized spacial score (nSPS) is 10.4. The number of anilines is 2. The van der Waals surface area contributed by atoms with Crippen molar-refractivity contribution in [1.82, 2.24) is 0 Å². The summed E-state index contributed by atoms with van der Waals surface area (Å²) in [5.41, 5.74) is 2.40. The van der Waals surface area contributed by atoms with Gasteiger partial charge in [-0.25, -0.2) is 5.32 Å². The van der Waals surface area contributed by atoms with Crippen LogP contribution >= 0.6 is 0 Å². The van der Waals surface area contributed by atoms with Gasteiger partial charge in [0, 0.05) is 18.2 Å². The van der Waals surface area contributed by atoms with E-state index in [4.69, 9.17) is 0 Å². The first-order valence-electron chi connectivity index (χ1n) is 8.21. The SMILES string of the molecule is CC(Nc1ccc(NC(=O)c2ccc3ccccc3c2)cc1)=[N+](C)C. The van der Waals surface area contributed by atoms with E-state index in [0.29, 0.717) is 5.56 Å². The van der Waals surface area contributed by atoms with Crippen molar-refractivity contribution in [2.45, 2.75) is 6.92 Å². The van der Waals surface area contributed by atoms with Gasteiger partial charge >= 0.3 is 0 Å². The lowest BCUT2D eigenvalue weighted by Crippen LogP contribution is -2.18. The summed E-state index contributed by atoms with van der Waals surface area (Å²) in [4.78, 5) is 12.5. The van der Waals surface area contributed by atoms with E-state index in [1.54, 1.807) is 0 Å². The van der Waals surface area contributed by atoms with Crippen LogP contribution in [0.5, 0.6) is 0 Å². The fourth-order valence-corrected chi connectivity index (χ4v) is 2.49. The third-order valence-electron chi connectivity index (χ3n) is 4.15. The number of carbonyl (C=O) groups is 1. The molecule has 3 aromatic carbocycles. The van der Waals surface area contributed by atoms with Gasteiger partial charge in [-0.3, -0.25) is 9.37 Å². The highest BCUT2D eigenvalue weighted by Crippen LogP contribution is 2.18. The Bertz CT molecular complexity index is 939. The van der Waals surface area contributed by atoms with Crippen LogP contribution in [0, 0.1) is 0 Å². The largest absolute Gasteiger partial charge is 0.322 e. The summed E-state index contributed by atoms with van der Waals surface area (Å²) >= 11 is 0. The molecule has 3 rings (SSSR count). The monoisotopic (exact) mass is 332 g/mol. The van der Waals surface area contributed by atoms with Gasteiger partial charge in [-0.15, -0.1) is 0 Å². The van der Waals surface area contributed by atoms with Crippen molar-refractivity contribution in [3.63, 3.8) is 0 Å². The minimum absolute atomic E-state index is 0.109. The highest BCUT2D eigenvalue weighted by Gasteiger charge is 2.08. The van der Waals surface area contributed by atoms with Crippen LogP contribution in [0.25, 0.3) is 10.8 Å². The van der Waals surface area contributed by atoms with Crippen LogP contribution in [-0.4, -0.2) is 30.4 Å². The zero-order valence-electron chi connectivity index (χ0n) is 14.7. The number of amidine groups is 1. The van der Waals surface area contributed by atoms with Crippen molar-refractivity contribution >= 4 is 33.9 Å². The molecular weight excluding hydrogens is 310 g/mol. The number of rotatable bonds is 3. The number of nitrogens with one attached hydrogen (secondary N) is 2. The van der Waals surface area contributed by atoms with Crippen LogP contribution in [0.2, 0.25) is 0 Å². The molecule has 0 aromatic heterocycles. The van der Waals surface area contributed by atoms with Crippen molar-refractivity contribution < 1.29 is 9.37 Å². The molecule has 0 aliphatic carbocycles. The van der Waals surface area contributed by atoms with E-state index in [9.17, 15) is 4.79 Å². The third kappa shape index (κ3) is 4.04. The molecule has 0 heterocycles. The zero-order valence-corrected chi connectivity index (χ0v) is 14.7. The number of nitrogens with zero attached hydrogens (tertiary/aromatic N) is 1. The van der Waals surface area contributed by atoms with Crippen molar-refractivity contribution in [2.24, 2.45) is 0 Å². The minimum atomic E-state index is -0.109. The van der Waals surface area contributed by atoms with Gasteiger partial charge in [-0.05, 0) is 47.2 Å². The van der Waals surface area contributed by atoms with Crippen molar-refractivity contribution in [2.75, 3.05) is 24.7 Å². The Morgan fingerprint density at radius 1 is 0.800 bits per heavy atom. The molecule has 0 atom stereocenters. The molecule has 4 heteroatoms. The molecular formula is C21H22N3O+. The van der Waals surface area contributed by atoms with E-state index >= 15 is 0 Å². The maximum Gasteiger partial charge on any atom is 0.255 e. The fourth-order valence-electron chi connectivity index (χ4n) is 2.49. The molecule has 2 N–H and O–H groups in total. The Balaban J connectivity index is 1.72. The standard InChI is InChI=1S/C21H21N3O/c1-15(24(2)3)22-19-10-12-20(13-11-19)23-21(25)18-9-8-16-6-4-5-7-17(16)14-18/h4-14H,1-3H3,(H,23,25)/p+1. The van der Waals surface area contributed by atoms with Gasteiger partial charge in [0.15, 0.2) is 0 Å². The Kier molecular flexibility index (Phi) is 4.80. The van der Waals surface area contributed by atoms with Crippen LogP contribution in [-0.2, 0) is 0 Å². The molecule has 0 unspecified atom stereocenters. The fraction of sp³-hybridized carbons (Fsp3) is 0.143. The summed E-state index contributed by atoms with van der Waals surface area (Å²) in [6.45, 7) is 2.01. The molecule has 0 aliphatic rings. The summed E-state index contributed by atoms with van der Waals surface area (Å²) < 4.78 is 2.01. The Labute approximate surface area is 147 Å². The molecule has 3 aromatic rings. The number of benzene rings is 3. The van der Waals surface area contributed by atoms with E-state index in [1.165, 1.54) is 0 Å². The lowest BCUT2D eigenvalue weighted by atomic mass is 10.1. The first-order valence-corrected chi connectivity index (χ1v) is 8.21. The van der Waals surface area contributed by atoms with Gasteiger partial charge in [0.2, 0.25) is 5.84 Å². The van der Waals surface area contributed by atoms with E-state index < -0.39 is 0 Å². The average molecular weight is 332 g/mol. The number of fused-ring (bicyclic) bond motifs is 1. The van der Waals surface area contributed by atoms with E-state index in [-0.39, 0.29) is 5.91 Å². The highest BCUT2D eigenvalue weighted by molar-refractivity contribution is 6.06. The maximum atomic E-state index is 12.5. The van der Waals surface area contributed by atoms with E-state index in [0.717, 1.165) is 28.0 Å². The van der Waals surface area contributed by atoms with Gasteiger partial charge in [0.05, 0.1) is 14.1 Å². The maximum absolute atomic E-state index is 12.5. The number of carbonyl (C=O) groups excluding carboxylic acids is 1. The highest BCUT2D eigenvalue weighted by atomic mass is 16.1. The molecule has 0 saturated carbocycles. The Morgan fingerprint density at radius 2 is 1.40 bits per heavy atom. The van der Waals surface area contributed by atoms with Crippen LogP contribution in [0.1, 0.15) is 17.3 Å². The van der Waals surface area contributed by atoms with E-state index in [2.05, 4.69) is 10.6 Å². The second-order valence-corrected chi connectivity index (χ2v) is 6.20. The lowest BCUT2D eigenvalue weighted by Gasteiger charge is -2.07. The minimum Gasteiger partial charge on any atom is -0.322 e. The Hall–Kier alpha value is -3.14. The predicted octanol–water partition coefficient (Wildman–Crippen LogP) is 4.19. The smallest absolute Gasteiger partial charge is 0.255 e. The first-order chi connectivity index (χ1) is 12.0. The first kappa shape index (κ1) is 16.7. The second-order valence-electron chi connectivity index (χ2n) is 6.20. The molecule has 25 heavy (non-hydrogen) atoms. The molecule has 0 fully saturated rings. The molecule has 4 nitrogen and oxygen atoms in total.